The van der Waals surface area contributed by atoms with Gasteiger partial charge in [-0.1, -0.05) is 51.0 Å². The Morgan fingerprint density at radius 2 is 1.85 bits per heavy atom. The summed E-state index contributed by atoms with van der Waals surface area (Å²) < 4.78 is 18.8. The van der Waals surface area contributed by atoms with E-state index in [9.17, 15) is 9.18 Å². The van der Waals surface area contributed by atoms with Crippen molar-refractivity contribution in [2.24, 2.45) is 11.8 Å². The summed E-state index contributed by atoms with van der Waals surface area (Å²) in [5.74, 6) is 1.28. The molecule has 3 atom stereocenters. The molecule has 0 heterocycles. The maximum atomic E-state index is 13.0. The Labute approximate surface area is 154 Å². The van der Waals surface area contributed by atoms with Gasteiger partial charge < -0.3 is 10.1 Å². The summed E-state index contributed by atoms with van der Waals surface area (Å²) in [6, 6.07) is 13.7. The molecule has 3 nitrogen and oxygen atoms in total. The first-order valence-electron chi connectivity index (χ1n) is 9.31. The molecule has 0 aromatic heterocycles. The van der Waals surface area contributed by atoms with E-state index in [-0.39, 0.29) is 17.8 Å². The van der Waals surface area contributed by atoms with E-state index >= 15 is 0 Å². The van der Waals surface area contributed by atoms with Crippen LogP contribution in [0, 0.1) is 17.7 Å². The Morgan fingerprint density at radius 3 is 2.62 bits per heavy atom. The summed E-state index contributed by atoms with van der Waals surface area (Å²) in [5, 5.41) is 3.19. The number of para-hydroxylation sites is 1. The molecule has 1 saturated carbocycles. The van der Waals surface area contributed by atoms with Crippen molar-refractivity contribution in [3.8, 4) is 5.75 Å². The second kappa shape index (κ2) is 8.35. The summed E-state index contributed by atoms with van der Waals surface area (Å²) in [6.07, 6.45) is 3.40. The van der Waals surface area contributed by atoms with Gasteiger partial charge in [-0.2, -0.15) is 0 Å². The van der Waals surface area contributed by atoms with Crippen LogP contribution < -0.4 is 10.1 Å². The molecule has 0 aliphatic heterocycles. The third-order valence-corrected chi connectivity index (χ3v) is 5.46. The van der Waals surface area contributed by atoms with Crippen molar-refractivity contribution in [1.82, 2.24) is 5.32 Å². The largest absolute Gasteiger partial charge is 0.488 e. The molecule has 3 rings (SSSR count). The lowest BCUT2D eigenvalue weighted by Crippen LogP contribution is -2.43. The van der Waals surface area contributed by atoms with E-state index in [0.29, 0.717) is 29.8 Å². The molecule has 138 valence electrons. The lowest BCUT2D eigenvalue weighted by molar-refractivity contribution is 0.0886. The highest BCUT2D eigenvalue weighted by molar-refractivity contribution is 5.97. The highest BCUT2D eigenvalue weighted by Gasteiger charge is 2.28. The van der Waals surface area contributed by atoms with Gasteiger partial charge in [0.15, 0.2) is 0 Å². The Bertz CT molecular complexity index is 744. The molecule has 4 heteroatoms. The summed E-state index contributed by atoms with van der Waals surface area (Å²) in [6.45, 7) is 4.76. The number of carbonyl (C=O) groups is 1. The molecular weight excluding hydrogens is 329 g/mol. The Balaban J connectivity index is 1.67. The smallest absolute Gasteiger partial charge is 0.255 e. The van der Waals surface area contributed by atoms with E-state index in [1.807, 2.05) is 12.1 Å². The lowest BCUT2D eigenvalue weighted by atomic mass is 9.78. The van der Waals surface area contributed by atoms with Crippen LogP contribution in [0.4, 0.5) is 4.39 Å². The van der Waals surface area contributed by atoms with Crippen molar-refractivity contribution in [3.05, 3.63) is 65.5 Å². The zero-order valence-electron chi connectivity index (χ0n) is 15.4. The predicted octanol–water partition coefficient (Wildman–Crippen LogP) is 4.96. The van der Waals surface area contributed by atoms with Gasteiger partial charge in [-0.25, -0.2) is 4.39 Å². The van der Waals surface area contributed by atoms with Crippen molar-refractivity contribution < 1.29 is 13.9 Å². The molecule has 0 bridgehead atoms. The molecule has 2 aromatic rings. The minimum absolute atomic E-state index is 0.0920. The topological polar surface area (TPSA) is 38.3 Å². The first-order chi connectivity index (χ1) is 12.5. The molecule has 0 radical (unpaired) electrons. The van der Waals surface area contributed by atoms with Gasteiger partial charge in [-0.3, -0.25) is 4.79 Å². The minimum Gasteiger partial charge on any atom is -0.488 e. The SMILES string of the molecule is CC1CCCC(NC(=O)c2ccccc2OCc2ccc(F)cc2)C1C. The quantitative estimate of drug-likeness (QED) is 0.823. The molecule has 1 aliphatic carbocycles. The lowest BCUT2D eigenvalue weighted by Gasteiger charge is -2.34. The van der Waals surface area contributed by atoms with Crippen molar-refractivity contribution in [2.45, 2.75) is 45.8 Å². The number of carbonyl (C=O) groups excluding carboxylic acids is 1. The maximum absolute atomic E-state index is 13.0. The highest BCUT2D eigenvalue weighted by atomic mass is 19.1. The van der Waals surface area contributed by atoms with Gasteiger partial charge in [0.2, 0.25) is 0 Å². The van der Waals surface area contributed by atoms with Gasteiger partial charge in [0.1, 0.15) is 18.2 Å². The number of benzene rings is 2. The van der Waals surface area contributed by atoms with Gasteiger partial charge in [-0.05, 0) is 48.1 Å². The summed E-state index contributed by atoms with van der Waals surface area (Å²) in [4.78, 5) is 12.8. The summed E-state index contributed by atoms with van der Waals surface area (Å²) in [7, 11) is 0. The van der Waals surface area contributed by atoms with Gasteiger partial charge in [0, 0.05) is 6.04 Å². The number of amides is 1. The number of halogens is 1. The maximum Gasteiger partial charge on any atom is 0.255 e. The van der Waals surface area contributed by atoms with E-state index in [1.165, 1.54) is 18.6 Å². The van der Waals surface area contributed by atoms with Crippen molar-refractivity contribution in [1.29, 1.82) is 0 Å². The van der Waals surface area contributed by atoms with Crippen LogP contribution in [0.5, 0.6) is 5.75 Å². The second-order valence-corrected chi connectivity index (χ2v) is 7.26. The number of hydrogen-bond donors (Lipinski definition) is 1. The molecule has 0 spiro atoms. The minimum atomic E-state index is -0.274. The molecule has 1 aliphatic rings. The van der Waals surface area contributed by atoms with Crippen molar-refractivity contribution in [3.63, 3.8) is 0 Å². The third kappa shape index (κ3) is 4.43. The average Bonchev–Trinajstić information content (AvgIpc) is 2.65. The van der Waals surface area contributed by atoms with Crippen LogP contribution in [0.15, 0.2) is 48.5 Å². The normalized spacial score (nSPS) is 22.7. The Morgan fingerprint density at radius 1 is 1.12 bits per heavy atom. The van der Waals surface area contributed by atoms with Crippen LogP contribution in [-0.2, 0) is 6.61 Å². The number of rotatable bonds is 5. The number of hydrogen-bond acceptors (Lipinski definition) is 2. The fourth-order valence-corrected chi connectivity index (χ4v) is 3.55. The second-order valence-electron chi connectivity index (χ2n) is 7.26. The summed E-state index contributed by atoms with van der Waals surface area (Å²) in [5.41, 5.74) is 1.40. The van der Waals surface area contributed by atoms with E-state index in [2.05, 4.69) is 19.2 Å². The first kappa shape index (κ1) is 18.4. The fraction of sp³-hybridized carbons (Fsp3) is 0.409. The Kier molecular flexibility index (Phi) is 5.92. The molecule has 26 heavy (non-hydrogen) atoms. The van der Waals surface area contributed by atoms with Crippen LogP contribution in [0.1, 0.15) is 49.0 Å². The fourth-order valence-electron chi connectivity index (χ4n) is 3.55. The van der Waals surface area contributed by atoms with E-state index in [1.54, 1.807) is 24.3 Å². The van der Waals surface area contributed by atoms with Gasteiger partial charge in [0.25, 0.3) is 5.91 Å². The highest BCUT2D eigenvalue weighted by Crippen LogP contribution is 2.30. The number of ether oxygens (including phenoxy) is 1. The van der Waals surface area contributed by atoms with E-state index in [0.717, 1.165) is 18.4 Å². The van der Waals surface area contributed by atoms with Crippen molar-refractivity contribution in [2.75, 3.05) is 0 Å². The van der Waals surface area contributed by atoms with Gasteiger partial charge in [-0.15, -0.1) is 0 Å². The van der Waals surface area contributed by atoms with Crippen LogP contribution in [0.3, 0.4) is 0 Å². The molecule has 2 aromatic carbocycles. The van der Waals surface area contributed by atoms with Gasteiger partial charge >= 0.3 is 0 Å². The van der Waals surface area contributed by atoms with Crippen LogP contribution >= 0.6 is 0 Å². The Hall–Kier alpha value is -2.36. The first-order valence-corrected chi connectivity index (χ1v) is 9.31. The van der Waals surface area contributed by atoms with Crippen LogP contribution in [0.2, 0.25) is 0 Å². The van der Waals surface area contributed by atoms with Gasteiger partial charge in [0.05, 0.1) is 5.56 Å². The predicted molar refractivity (Wildman–Crippen MR) is 101 cm³/mol. The van der Waals surface area contributed by atoms with Crippen LogP contribution in [0.25, 0.3) is 0 Å². The molecule has 1 amide bonds. The monoisotopic (exact) mass is 355 g/mol. The molecule has 1 fully saturated rings. The average molecular weight is 355 g/mol. The van der Waals surface area contributed by atoms with E-state index < -0.39 is 0 Å². The standard InChI is InChI=1S/C22H26FNO2/c1-15-6-5-8-20(16(15)2)24-22(25)19-7-3-4-9-21(19)26-14-17-10-12-18(23)13-11-17/h3-4,7,9-13,15-16,20H,5-6,8,14H2,1-2H3,(H,24,25). The molecule has 0 saturated heterocycles. The molecular formula is C22H26FNO2. The molecule has 1 N–H and O–H groups in total. The van der Waals surface area contributed by atoms with Crippen molar-refractivity contribution >= 4 is 5.91 Å². The van der Waals surface area contributed by atoms with E-state index in [4.69, 9.17) is 4.74 Å². The number of nitrogens with one attached hydrogen (secondary N) is 1. The third-order valence-electron chi connectivity index (χ3n) is 5.46. The zero-order valence-corrected chi connectivity index (χ0v) is 15.4. The zero-order chi connectivity index (χ0) is 18.5. The summed E-state index contributed by atoms with van der Waals surface area (Å²) >= 11 is 0. The van der Waals surface area contributed by atoms with Crippen LogP contribution in [-0.4, -0.2) is 11.9 Å². The molecule has 3 unspecified atom stereocenters.